The van der Waals surface area contributed by atoms with Crippen molar-refractivity contribution >= 4 is 57.0 Å². The Bertz CT molecular complexity index is 559. The Morgan fingerprint density at radius 3 is 2.60 bits per heavy atom. The molecule has 1 aromatic rings. The molecular formula is C13H14IN3O2S. The van der Waals surface area contributed by atoms with Crippen LogP contribution in [0.3, 0.4) is 0 Å². The van der Waals surface area contributed by atoms with Gasteiger partial charge in [-0.1, -0.05) is 11.8 Å². The summed E-state index contributed by atoms with van der Waals surface area (Å²) >= 11 is 3.47. The van der Waals surface area contributed by atoms with E-state index in [1.807, 2.05) is 12.1 Å². The summed E-state index contributed by atoms with van der Waals surface area (Å²) in [6, 6.07) is 7.34. The molecular weight excluding hydrogens is 389 g/mol. The lowest BCUT2D eigenvalue weighted by atomic mass is 10.3. The normalized spacial score (nSPS) is 19.6. The summed E-state index contributed by atoms with van der Waals surface area (Å²) in [5, 5.41) is 3.15. The minimum Gasteiger partial charge on any atom is -0.368 e. The number of carbonyl (C=O) groups excluding carboxylic acids is 2. The van der Waals surface area contributed by atoms with Gasteiger partial charge in [0.2, 0.25) is 11.8 Å². The van der Waals surface area contributed by atoms with Gasteiger partial charge in [-0.3, -0.25) is 14.6 Å². The SMILES string of the molecule is CN=C(NC)S[C@H]1CC(=O)N(c2ccc(I)cc2)C1=O. The highest BCUT2D eigenvalue weighted by Crippen LogP contribution is 2.30. The van der Waals surface area contributed by atoms with Crippen LogP contribution in [0.1, 0.15) is 6.42 Å². The summed E-state index contributed by atoms with van der Waals surface area (Å²) in [7, 11) is 3.39. The number of benzene rings is 1. The summed E-state index contributed by atoms with van der Waals surface area (Å²) in [5.74, 6) is -0.349. The lowest BCUT2D eigenvalue weighted by Gasteiger charge is -2.15. The number of nitrogens with one attached hydrogen (secondary N) is 1. The number of amidine groups is 1. The number of aliphatic imine (C=N–C) groups is 1. The van der Waals surface area contributed by atoms with Crippen molar-refractivity contribution in [2.45, 2.75) is 11.7 Å². The van der Waals surface area contributed by atoms with Crippen LogP contribution < -0.4 is 10.2 Å². The molecule has 1 aliphatic rings. The lowest BCUT2D eigenvalue weighted by Crippen LogP contribution is -2.32. The summed E-state index contributed by atoms with van der Waals surface area (Å²) in [4.78, 5) is 29.7. The highest BCUT2D eigenvalue weighted by molar-refractivity contribution is 14.1. The average molecular weight is 403 g/mol. The number of anilines is 1. The second-order valence-electron chi connectivity index (χ2n) is 4.13. The van der Waals surface area contributed by atoms with E-state index >= 15 is 0 Å². The van der Waals surface area contributed by atoms with Crippen molar-refractivity contribution in [2.75, 3.05) is 19.0 Å². The molecule has 106 valence electrons. The van der Waals surface area contributed by atoms with Gasteiger partial charge in [-0.15, -0.1) is 0 Å². The van der Waals surface area contributed by atoms with Gasteiger partial charge in [0.25, 0.3) is 0 Å². The number of nitrogens with zero attached hydrogens (tertiary/aromatic N) is 2. The molecule has 0 unspecified atom stereocenters. The Kier molecular flexibility index (Phi) is 5.03. The molecule has 0 saturated carbocycles. The van der Waals surface area contributed by atoms with E-state index < -0.39 is 5.25 Å². The highest BCUT2D eigenvalue weighted by Gasteiger charge is 2.40. The van der Waals surface area contributed by atoms with Gasteiger partial charge in [-0.2, -0.15) is 0 Å². The number of carbonyl (C=O) groups is 2. The topological polar surface area (TPSA) is 61.8 Å². The van der Waals surface area contributed by atoms with Crippen molar-refractivity contribution in [3.8, 4) is 0 Å². The first-order valence-electron chi connectivity index (χ1n) is 6.00. The molecule has 1 N–H and O–H groups in total. The fourth-order valence-electron chi connectivity index (χ4n) is 1.92. The zero-order valence-electron chi connectivity index (χ0n) is 11.1. The lowest BCUT2D eigenvalue weighted by molar-refractivity contribution is -0.121. The van der Waals surface area contributed by atoms with Crippen molar-refractivity contribution in [2.24, 2.45) is 4.99 Å². The molecule has 0 bridgehead atoms. The molecule has 1 saturated heterocycles. The van der Waals surface area contributed by atoms with E-state index in [0.717, 1.165) is 3.57 Å². The zero-order chi connectivity index (χ0) is 14.7. The van der Waals surface area contributed by atoms with Gasteiger partial charge in [0.15, 0.2) is 5.17 Å². The molecule has 1 atom stereocenters. The predicted octanol–water partition coefficient (Wildman–Crippen LogP) is 1.86. The quantitative estimate of drug-likeness (QED) is 0.355. The molecule has 1 aliphatic heterocycles. The number of amides is 2. The summed E-state index contributed by atoms with van der Waals surface area (Å²) in [6.45, 7) is 0. The highest BCUT2D eigenvalue weighted by atomic mass is 127. The van der Waals surface area contributed by atoms with Crippen LogP contribution in [0.5, 0.6) is 0 Å². The Labute approximate surface area is 135 Å². The Morgan fingerprint density at radius 1 is 1.40 bits per heavy atom. The molecule has 1 fully saturated rings. The van der Waals surface area contributed by atoms with Gasteiger partial charge in [0, 0.05) is 24.1 Å². The van der Waals surface area contributed by atoms with Crippen LogP contribution in [-0.2, 0) is 9.59 Å². The molecule has 1 heterocycles. The molecule has 0 spiro atoms. The Hall–Kier alpha value is -1.09. The van der Waals surface area contributed by atoms with Crippen LogP contribution in [0.2, 0.25) is 0 Å². The Balaban J connectivity index is 2.19. The van der Waals surface area contributed by atoms with Crippen molar-refractivity contribution < 1.29 is 9.59 Å². The van der Waals surface area contributed by atoms with Crippen molar-refractivity contribution in [1.29, 1.82) is 0 Å². The minimum absolute atomic E-state index is 0.166. The third-order valence-corrected chi connectivity index (χ3v) is 4.84. The summed E-state index contributed by atoms with van der Waals surface area (Å²) < 4.78 is 1.06. The van der Waals surface area contributed by atoms with Crippen molar-refractivity contribution in [3.63, 3.8) is 0 Å². The molecule has 5 nitrogen and oxygen atoms in total. The van der Waals surface area contributed by atoms with Crippen LogP contribution >= 0.6 is 34.4 Å². The third kappa shape index (κ3) is 3.14. The number of imide groups is 1. The maximum absolute atomic E-state index is 12.4. The zero-order valence-corrected chi connectivity index (χ0v) is 14.1. The second kappa shape index (κ2) is 6.57. The van der Waals surface area contributed by atoms with Gasteiger partial charge in [0.1, 0.15) is 5.25 Å². The van der Waals surface area contributed by atoms with E-state index in [1.165, 1.54) is 16.7 Å². The van der Waals surface area contributed by atoms with E-state index in [1.54, 1.807) is 26.2 Å². The number of halogens is 1. The molecule has 0 aliphatic carbocycles. The van der Waals surface area contributed by atoms with Crippen molar-refractivity contribution in [1.82, 2.24) is 5.32 Å². The largest absolute Gasteiger partial charge is 0.368 e. The van der Waals surface area contributed by atoms with Gasteiger partial charge in [-0.25, -0.2) is 4.90 Å². The maximum atomic E-state index is 12.4. The first-order chi connectivity index (χ1) is 9.56. The fraction of sp³-hybridized carbons (Fsp3) is 0.308. The molecule has 2 amide bonds. The minimum atomic E-state index is -0.409. The number of hydrogen-bond donors (Lipinski definition) is 1. The van der Waals surface area contributed by atoms with E-state index in [-0.39, 0.29) is 18.2 Å². The second-order valence-corrected chi connectivity index (χ2v) is 6.57. The van der Waals surface area contributed by atoms with E-state index in [0.29, 0.717) is 10.9 Å². The first kappa shape index (κ1) is 15.3. The van der Waals surface area contributed by atoms with E-state index in [9.17, 15) is 9.59 Å². The average Bonchev–Trinajstić information content (AvgIpc) is 2.72. The van der Waals surface area contributed by atoms with E-state index in [4.69, 9.17) is 0 Å². The predicted molar refractivity (Wildman–Crippen MR) is 90.1 cm³/mol. The van der Waals surface area contributed by atoms with Crippen LogP contribution in [0.25, 0.3) is 0 Å². The smallest absolute Gasteiger partial charge is 0.247 e. The third-order valence-electron chi connectivity index (χ3n) is 2.86. The molecule has 2 rings (SSSR count). The van der Waals surface area contributed by atoms with Gasteiger partial charge >= 0.3 is 0 Å². The summed E-state index contributed by atoms with van der Waals surface area (Å²) in [5.41, 5.74) is 0.628. The first-order valence-corrected chi connectivity index (χ1v) is 7.96. The number of hydrogen-bond acceptors (Lipinski definition) is 4. The molecule has 0 aromatic heterocycles. The maximum Gasteiger partial charge on any atom is 0.247 e. The van der Waals surface area contributed by atoms with Crippen LogP contribution in [0, 0.1) is 3.57 Å². The number of thioether (sulfide) groups is 1. The van der Waals surface area contributed by atoms with Gasteiger partial charge in [0.05, 0.1) is 5.69 Å². The molecule has 20 heavy (non-hydrogen) atoms. The molecule has 0 radical (unpaired) electrons. The molecule has 7 heteroatoms. The van der Waals surface area contributed by atoms with Crippen molar-refractivity contribution in [3.05, 3.63) is 27.8 Å². The van der Waals surface area contributed by atoms with E-state index in [2.05, 4.69) is 32.9 Å². The molecule has 1 aromatic carbocycles. The van der Waals surface area contributed by atoms with Gasteiger partial charge in [-0.05, 0) is 46.9 Å². The van der Waals surface area contributed by atoms with Crippen LogP contribution in [-0.4, -0.2) is 36.3 Å². The van der Waals surface area contributed by atoms with Crippen LogP contribution in [0.15, 0.2) is 29.3 Å². The number of rotatable bonds is 2. The van der Waals surface area contributed by atoms with Crippen LogP contribution in [0.4, 0.5) is 5.69 Å². The summed E-state index contributed by atoms with van der Waals surface area (Å²) in [6.07, 6.45) is 0.205. The standard InChI is InChI=1S/C13H14IN3O2S/c1-15-13(16-2)20-10-7-11(18)17(12(10)19)9-5-3-8(14)4-6-9/h3-6,10H,7H2,1-2H3,(H,15,16)/t10-/m0/s1. The Morgan fingerprint density at radius 2 is 2.05 bits per heavy atom. The fourth-order valence-corrected chi connectivity index (χ4v) is 3.20. The monoisotopic (exact) mass is 403 g/mol. The van der Waals surface area contributed by atoms with Gasteiger partial charge < -0.3 is 5.32 Å².